The van der Waals surface area contributed by atoms with Crippen LogP contribution in [0.4, 0.5) is 0 Å². The van der Waals surface area contributed by atoms with Gasteiger partial charge in [0.05, 0.1) is 19.3 Å². The molecule has 7 heteroatoms. The molecule has 0 bridgehead atoms. The van der Waals surface area contributed by atoms with Crippen LogP contribution in [0.3, 0.4) is 0 Å². The summed E-state index contributed by atoms with van der Waals surface area (Å²) >= 11 is 0. The summed E-state index contributed by atoms with van der Waals surface area (Å²) in [5.41, 5.74) is -0.456. The van der Waals surface area contributed by atoms with E-state index in [1.807, 2.05) is 78.9 Å². The van der Waals surface area contributed by atoms with Crippen LogP contribution in [-0.4, -0.2) is 36.7 Å². The van der Waals surface area contributed by atoms with E-state index in [4.69, 9.17) is 14.2 Å². The zero-order valence-corrected chi connectivity index (χ0v) is 22.5. The highest BCUT2D eigenvalue weighted by Gasteiger charge is 2.62. The lowest BCUT2D eigenvalue weighted by Gasteiger charge is -2.26. The molecule has 40 heavy (non-hydrogen) atoms. The van der Waals surface area contributed by atoms with Crippen molar-refractivity contribution in [3.05, 3.63) is 108 Å². The summed E-state index contributed by atoms with van der Waals surface area (Å²) in [4.78, 5) is 40.5. The molecule has 2 unspecified atom stereocenters. The smallest absolute Gasteiger partial charge is 0.342 e. The third-order valence-electron chi connectivity index (χ3n) is 7.38. The second-order valence-corrected chi connectivity index (χ2v) is 9.63. The second kappa shape index (κ2) is 11.3. The van der Waals surface area contributed by atoms with Crippen LogP contribution in [0.1, 0.15) is 31.0 Å². The quantitative estimate of drug-likeness (QED) is 0.106. The van der Waals surface area contributed by atoms with Crippen LogP contribution in [0, 0.1) is 5.92 Å². The van der Waals surface area contributed by atoms with E-state index in [9.17, 15) is 14.4 Å². The normalized spacial score (nSPS) is 18.0. The lowest BCUT2D eigenvalue weighted by atomic mass is 9.84. The molecule has 1 heterocycles. The van der Waals surface area contributed by atoms with Crippen molar-refractivity contribution in [1.82, 2.24) is 5.32 Å². The van der Waals surface area contributed by atoms with Crippen molar-refractivity contribution in [2.75, 3.05) is 13.2 Å². The van der Waals surface area contributed by atoms with Crippen molar-refractivity contribution < 1.29 is 28.6 Å². The van der Waals surface area contributed by atoms with Crippen LogP contribution in [0.15, 0.2) is 97.1 Å². The van der Waals surface area contributed by atoms with Crippen molar-refractivity contribution in [2.24, 2.45) is 5.92 Å². The van der Waals surface area contributed by atoms with Gasteiger partial charge in [-0.05, 0) is 52.6 Å². The summed E-state index contributed by atoms with van der Waals surface area (Å²) < 4.78 is 16.6. The van der Waals surface area contributed by atoms with Gasteiger partial charge in [0.15, 0.2) is 0 Å². The minimum atomic E-state index is -2.05. The number of fused-ring (bicyclic) bond motifs is 2. The molecule has 0 amide bonds. The van der Waals surface area contributed by atoms with E-state index in [-0.39, 0.29) is 25.4 Å². The fourth-order valence-electron chi connectivity index (χ4n) is 5.50. The Labute approximate surface area is 232 Å². The van der Waals surface area contributed by atoms with E-state index in [1.165, 1.54) is 0 Å². The number of esters is 3. The summed E-state index contributed by atoms with van der Waals surface area (Å²) in [6.07, 6.45) is 0. The van der Waals surface area contributed by atoms with E-state index < -0.39 is 35.4 Å². The van der Waals surface area contributed by atoms with Gasteiger partial charge in [-0.2, -0.15) is 0 Å². The topological polar surface area (TPSA) is 90.9 Å². The van der Waals surface area contributed by atoms with Gasteiger partial charge in [0.2, 0.25) is 5.54 Å². The van der Waals surface area contributed by atoms with Gasteiger partial charge in [-0.15, -0.1) is 0 Å². The van der Waals surface area contributed by atoms with E-state index in [1.54, 1.807) is 13.8 Å². The van der Waals surface area contributed by atoms with Gasteiger partial charge in [0.25, 0.3) is 0 Å². The van der Waals surface area contributed by atoms with Gasteiger partial charge < -0.3 is 14.2 Å². The third-order valence-corrected chi connectivity index (χ3v) is 7.38. The highest BCUT2D eigenvalue weighted by molar-refractivity contribution is 6.11. The Bertz CT molecular complexity index is 1520. The number of ether oxygens (including phenoxy) is 3. The highest BCUT2D eigenvalue weighted by atomic mass is 16.6. The number of hydrogen-bond donors (Lipinski definition) is 1. The number of rotatable bonds is 8. The third kappa shape index (κ3) is 4.62. The molecule has 0 saturated carbocycles. The molecule has 204 valence electrons. The molecule has 4 aromatic rings. The van der Waals surface area contributed by atoms with Gasteiger partial charge in [-0.25, -0.2) is 9.59 Å². The molecule has 1 fully saturated rings. The van der Waals surface area contributed by atoms with Crippen molar-refractivity contribution in [3.63, 3.8) is 0 Å². The molecular formula is C33H31NO6. The van der Waals surface area contributed by atoms with Gasteiger partial charge in [-0.3, -0.25) is 10.1 Å². The van der Waals surface area contributed by atoms with Gasteiger partial charge >= 0.3 is 17.9 Å². The molecule has 5 rings (SSSR count). The van der Waals surface area contributed by atoms with Crippen molar-refractivity contribution in [2.45, 2.75) is 32.0 Å². The zero-order chi connectivity index (χ0) is 28.3. The summed E-state index contributed by atoms with van der Waals surface area (Å²) in [6.45, 7) is 7.44. The molecule has 0 spiro atoms. The summed E-state index contributed by atoms with van der Waals surface area (Å²) in [5, 5.41) is 7.10. The lowest BCUT2D eigenvalue weighted by molar-refractivity contribution is -0.163. The van der Waals surface area contributed by atoms with Crippen LogP contribution < -0.4 is 5.32 Å². The molecule has 0 aromatic heterocycles. The first-order chi connectivity index (χ1) is 19.4. The Morgan fingerprint density at radius 1 is 0.775 bits per heavy atom. The minimum Gasteiger partial charge on any atom is -0.464 e. The lowest BCUT2D eigenvalue weighted by Crippen LogP contribution is -2.57. The predicted molar refractivity (Wildman–Crippen MR) is 152 cm³/mol. The number of benzene rings is 4. The molecule has 1 N–H and O–H groups in total. The molecule has 0 aliphatic carbocycles. The van der Waals surface area contributed by atoms with Crippen molar-refractivity contribution >= 4 is 39.5 Å². The fourth-order valence-corrected chi connectivity index (χ4v) is 5.50. The second-order valence-electron chi connectivity index (χ2n) is 9.63. The maximum Gasteiger partial charge on any atom is 0.342 e. The molecule has 1 saturated heterocycles. The average molecular weight is 538 g/mol. The first kappa shape index (κ1) is 27.1. The average Bonchev–Trinajstić information content (AvgIpc) is 3.29. The summed E-state index contributed by atoms with van der Waals surface area (Å²) in [5.74, 6) is -3.40. The van der Waals surface area contributed by atoms with Gasteiger partial charge in [0, 0.05) is 5.56 Å². The first-order valence-corrected chi connectivity index (χ1v) is 13.3. The van der Waals surface area contributed by atoms with E-state index in [0.717, 1.165) is 27.1 Å². The maximum absolute atomic E-state index is 13.9. The van der Waals surface area contributed by atoms with Gasteiger partial charge in [0.1, 0.15) is 12.5 Å². The summed E-state index contributed by atoms with van der Waals surface area (Å²) in [6, 6.07) is 26.3. The molecule has 7 nitrogen and oxygen atoms in total. The Hall–Kier alpha value is -4.49. The molecule has 2 atom stereocenters. The molecule has 1 aliphatic heterocycles. The van der Waals surface area contributed by atoms with Crippen molar-refractivity contribution in [3.8, 4) is 0 Å². The predicted octanol–water partition coefficient (Wildman–Crippen LogP) is 5.42. The number of nitrogens with one attached hydrogen (secondary N) is 1. The van der Waals surface area contributed by atoms with E-state index in [2.05, 4.69) is 18.0 Å². The minimum absolute atomic E-state index is 0.00218. The summed E-state index contributed by atoms with van der Waals surface area (Å²) in [7, 11) is 0. The van der Waals surface area contributed by atoms with Crippen LogP contribution >= 0.6 is 0 Å². The SMILES string of the molecule is C=C1C(C(=O)OCc2c3ccccc3cc3ccccc23)C(c2ccccc2)NC1(C(=O)OCC)C(=O)OCC. The monoisotopic (exact) mass is 537 g/mol. The fraction of sp³-hybridized carbons (Fsp3) is 0.242. The van der Waals surface area contributed by atoms with Crippen LogP contribution in [-0.2, 0) is 35.2 Å². The Morgan fingerprint density at radius 2 is 1.30 bits per heavy atom. The van der Waals surface area contributed by atoms with Crippen LogP contribution in [0.2, 0.25) is 0 Å². The molecule has 1 aliphatic rings. The Kier molecular flexibility index (Phi) is 7.67. The standard InChI is InChI=1S/C33H31NO6/c1-4-38-31(36)33(32(37)39-5-2)21(3)28(29(34-33)22-13-7-6-8-14-22)30(35)40-20-27-25-17-11-9-15-23(25)19-24-16-10-12-18-26(24)27/h6-19,28-29,34H,3-5,20H2,1-2H3. The molecular weight excluding hydrogens is 506 g/mol. The van der Waals surface area contributed by atoms with E-state index >= 15 is 0 Å². The van der Waals surface area contributed by atoms with E-state index in [0.29, 0.717) is 5.56 Å². The zero-order valence-electron chi connectivity index (χ0n) is 22.5. The Morgan fingerprint density at radius 3 is 1.85 bits per heavy atom. The van der Waals surface area contributed by atoms with Crippen LogP contribution in [0.5, 0.6) is 0 Å². The van der Waals surface area contributed by atoms with Crippen LogP contribution in [0.25, 0.3) is 21.5 Å². The largest absolute Gasteiger partial charge is 0.464 e. The molecule has 0 radical (unpaired) electrons. The Balaban J connectivity index is 1.54. The molecule has 4 aromatic carbocycles. The maximum atomic E-state index is 13.9. The number of carbonyl (C=O) groups is 3. The van der Waals surface area contributed by atoms with Gasteiger partial charge in [-0.1, -0.05) is 85.4 Å². The number of carbonyl (C=O) groups excluding carboxylic acids is 3. The van der Waals surface area contributed by atoms with Crippen molar-refractivity contribution in [1.29, 1.82) is 0 Å². The number of hydrogen-bond acceptors (Lipinski definition) is 7. The highest BCUT2D eigenvalue weighted by Crippen LogP contribution is 2.44. The first-order valence-electron chi connectivity index (χ1n) is 13.3.